The van der Waals surface area contributed by atoms with E-state index in [1.54, 1.807) is 6.07 Å². The number of ether oxygens (including phenoxy) is 1. The van der Waals surface area contributed by atoms with Gasteiger partial charge in [0.25, 0.3) is 5.91 Å². The highest BCUT2D eigenvalue weighted by molar-refractivity contribution is 7.12. The lowest BCUT2D eigenvalue weighted by atomic mass is 10.0. The van der Waals surface area contributed by atoms with Crippen LogP contribution in [0.1, 0.15) is 29.1 Å². The highest BCUT2D eigenvalue weighted by Crippen LogP contribution is 2.15. The highest BCUT2D eigenvalue weighted by atomic mass is 32.1. The maximum atomic E-state index is 12.7. The van der Waals surface area contributed by atoms with Gasteiger partial charge in [-0.1, -0.05) is 32.0 Å². The van der Waals surface area contributed by atoms with Crippen LogP contribution < -0.4 is 10.6 Å². The Kier molecular flexibility index (Phi) is 7.19. The Morgan fingerprint density at radius 2 is 1.86 bits per heavy atom. The summed E-state index contributed by atoms with van der Waals surface area (Å²) in [4.78, 5) is 28.0. The summed E-state index contributed by atoms with van der Waals surface area (Å²) in [6.45, 7) is 8.17. The van der Waals surface area contributed by atoms with Crippen molar-refractivity contribution in [1.29, 1.82) is 0 Å². The van der Waals surface area contributed by atoms with Crippen LogP contribution in [-0.2, 0) is 16.1 Å². The second kappa shape index (κ2) is 9.82. The van der Waals surface area contributed by atoms with E-state index >= 15 is 0 Å². The Balaban J connectivity index is 1.57. The fourth-order valence-electron chi connectivity index (χ4n) is 3.09. The average Bonchev–Trinajstić information content (AvgIpc) is 3.23. The van der Waals surface area contributed by atoms with Gasteiger partial charge in [-0.3, -0.25) is 14.5 Å². The van der Waals surface area contributed by atoms with Gasteiger partial charge >= 0.3 is 0 Å². The maximum absolute atomic E-state index is 12.7. The molecule has 6 nitrogen and oxygen atoms in total. The predicted octanol–water partition coefficient (Wildman–Crippen LogP) is 2.97. The van der Waals surface area contributed by atoms with Gasteiger partial charge in [-0.25, -0.2) is 0 Å². The number of carbonyl (C=O) groups excluding carboxylic acids is 2. The minimum absolute atomic E-state index is 0.0236. The van der Waals surface area contributed by atoms with Crippen LogP contribution in [-0.4, -0.2) is 49.1 Å². The first-order valence-electron chi connectivity index (χ1n) is 9.57. The number of amides is 2. The molecule has 0 aliphatic carbocycles. The quantitative estimate of drug-likeness (QED) is 0.748. The van der Waals surface area contributed by atoms with Crippen molar-refractivity contribution >= 4 is 28.8 Å². The third-order valence-corrected chi connectivity index (χ3v) is 5.58. The van der Waals surface area contributed by atoms with Gasteiger partial charge in [0, 0.05) is 25.3 Å². The molecule has 7 heteroatoms. The predicted molar refractivity (Wildman–Crippen MR) is 112 cm³/mol. The second-order valence-electron chi connectivity index (χ2n) is 7.25. The fourth-order valence-corrected chi connectivity index (χ4v) is 3.71. The zero-order valence-electron chi connectivity index (χ0n) is 16.3. The summed E-state index contributed by atoms with van der Waals surface area (Å²) < 4.78 is 5.37. The SMILES string of the molecule is CC(C)[C@H](NC(=O)c1cccs1)C(=O)Nc1ccc(CN2CCOCC2)cc1. The van der Waals surface area contributed by atoms with Crippen molar-refractivity contribution in [3.05, 3.63) is 52.2 Å². The minimum atomic E-state index is -0.595. The number of morpholine rings is 1. The van der Waals surface area contributed by atoms with Crippen molar-refractivity contribution in [3.63, 3.8) is 0 Å². The first kappa shape index (κ1) is 20.5. The Labute approximate surface area is 169 Å². The molecule has 2 N–H and O–H groups in total. The molecule has 3 rings (SSSR count). The van der Waals surface area contributed by atoms with Gasteiger partial charge < -0.3 is 15.4 Å². The topological polar surface area (TPSA) is 70.7 Å². The molecule has 1 aliphatic rings. The van der Waals surface area contributed by atoms with Gasteiger partial charge in [-0.2, -0.15) is 0 Å². The Hall–Kier alpha value is -2.22. The smallest absolute Gasteiger partial charge is 0.262 e. The number of thiophene rings is 1. The molecular weight excluding hydrogens is 374 g/mol. The number of hydrogen-bond donors (Lipinski definition) is 2. The normalized spacial score (nSPS) is 16.0. The molecule has 1 fully saturated rings. The van der Waals surface area contributed by atoms with Crippen LogP contribution in [0.4, 0.5) is 5.69 Å². The van der Waals surface area contributed by atoms with Gasteiger partial charge in [-0.05, 0) is 35.1 Å². The molecule has 1 aliphatic heterocycles. The first-order valence-corrected chi connectivity index (χ1v) is 10.4. The summed E-state index contributed by atoms with van der Waals surface area (Å²) >= 11 is 1.36. The lowest BCUT2D eigenvalue weighted by molar-refractivity contribution is -0.118. The van der Waals surface area contributed by atoms with Crippen molar-refractivity contribution < 1.29 is 14.3 Å². The molecular formula is C21H27N3O3S. The molecule has 2 aromatic rings. The molecule has 1 aromatic carbocycles. The molecule has 0 saturated carbocycles. The van der Waals surface area contributed by atoms with E-state index in [1.165, 1.54) is 16.9 Å². The number of carbonyl (C=O) groups is 2. The number of rotatable bonds is 7. The van der Waals surface area contributed by atoms with E-state index < -0.39 is 6.04 Å². The summed E-state index contributed by atoms with van der Waals surface area (Å²) in [5, 5.41) is 7.61. The molecule has 0 radical (unpaired) electrons. The summed E-state index contributed by atoms with van der Waals surface area (Å²) in [6.07, 6.45) is 0. The Morgan fingerprint density at radius 3 is 2.46 bits per heavy atom. The van der Waals surface area contributed by atoms with Crippen LogP contribution in [0.2, 0.25) is 0 Å². The van der Waals surface area contributed by atoms with Gasteiger partial charge in [0.15, 0.2) is 0 Å². The van der Waals surface area contributed by atoms with E-state index in [1.807, 2.05) is 49.6 Å². The van der Waals surface area contributed by atoms with Crippen LogP contribution in [0.25, 0.3) is 0 Å². The zero-order chi connectivity index (χ0) is 19.9. The molecule has 1 aromatic heterocycles. The van der Waals surface area contributed by atoms with Crippen LogP contribution in [0.5, 0.6) is 0 Å². The van der Waals surface area contributed by atoms with Crippen molar-refractivity contribution in [3.8, 4) is 0 Å². The summed E-state index contributed by atoms with van der Waals surface area (Å²) in [7, 11) is 0. The van der Waals surface area contributed by atoms with E-state index in [9.17, 15) is 9.59 Å². The lowest BCUT2D eigenvalue weighted by Crippen LogP contribution is -2.46. The first-order chi connectivity index (χ1) is 13.5. The number of anilines is 1. The Morgan fingerprint density at radius 1 is 1.14 bits per heavy atom. The van der Waals surface area contributed by atoms with Gasteiger partial charge in [0.1, 0.15) is 6.04 Å². The summed E-state index contributed by atoms with van der Waals surface area (Å²) in [6, 6.07) is 10.9. The largest absolute Gasteiger partial charge is 0.379 e. The number of hydrogen-bond acceptors (Lipinski definition) is 5. The van der Waals surface area contributed by atoms with E-state index in [4.69, 9.17) is 4.74 Å². The molecule has 0 unspecified atom stereocenters. The third kappa shape index (κ3) is 5.64. The summed E-state index contributed by atoms with van der Waals surface area (Å²) in [5.74, 6) is -0.449. The second-order valence-corrected chi connectivity index (χ2v) is 8.19. The molecule has 1 saturated heterocycles. The van der Waals surface area contributed by atoms with Crippen molar-refractivity contribution in [2.45, 2.75) is 26.4 Å². The summed E-state index contributed by atoms with van der Waals surface area (Å²) in [5.41, 5.74) is 1.93. The zero-order valence-corrected chi connectivity index (χ0v) is 17.1. The number of benzene rings is 1. The van der Waals surface area contributed by atoms with Crippen molar-refractivity contribution in [1.82, 2.24) is 10.2 Å². The molecule has 2 amide bonds. The van der Waals surface area contributed by atoms with Crippen molar-refractivity contribution in [2.24, 2.45) is 5.92 Å². The Bertz CT molecular complexity index is 769. The van der Waals surface area contributed by atoms with Crippen LogP contribution in [0, 0.1) is 5.92 Å². The fraction of sp³-hybridized carbons (Fsp3) is 0.429. The molecule has 28 heavy (non-hydrogen) atoms. The number of nitrogens with one attached hydrogen (secondary N) is 2. The average molecular weight is 402 g/mol. The molecule has 0 spiro atoms. The van der Waals surface area contributed by atoms with Crippen LogP contribution in [0.15, 0.2) is 41.8 Å². The van der Waals surface area contributed by atoms with E-state index in [0.29, 0.717) is 4.88 Å². The van der Waals surface area contributed by atoms with Gasteiger partial charge in [-0.15, -0.1) is 11.3 Å². The molecule has 1 atom stereocenters. The van der Waals surface area contributed by atoms with Gasteiger partial charge in [0.05, 0.1) is 18.1 Å². The standard InChI is InChI=1S/C21H27N3O3S/c1-15(2)19(23-20(25)18-4-3-13-28-18)21(26)22-17-7-5-16(6-8-17)14-24-9-11-27-12-10-24/h3-8,13,15,19H,9-12,14H2,1-2H3,(H,22,26)(H,23,25)/t19-/m0/s1. The van der Waals surface area contributed by atoms with Crippen LogP contribution >= 0.6 is 11.3 Å². The minimum Gasteiger partial charge on any atom is -0.379 e. The lowest BCUT2D eigenvalue weighted by Gasteiger charge is -2.26. The number of nitrogens with zero attached hydrogens (tertiary/aromatic N) is 1. The molecule has 0 bridgehead atoms. The molecule has 150 valence electrons. The van der Waals surface area contributed by atoms with E-state index in [2.05, 4.69) is 15.5 Å². The highest BCUT2D eigenvalue weighted by Gasteiger charge is 2.25. The maximum Gasteiger partial charge on any atom is 0.262 e. The third-order valence-electron chi connectivity index (χ3n) is 4.71. The van der Waals surface area contributed by atoms with Crippen LogP contribution in [0.3, 0.4) is 0 Å². The van der Waals surface area contributed by atoms with E-state index in [-0.39, 0.29) is 17.7 Å². The monoisotopic (exact) mass is 401 g/mol. The van der Waals surface area contributed by atoms with Gasteiger partial charge in [0.2, 0.25) is 5.91 Å². The van der Waals surface area contributed by atoms with Crippen molar-refractivity contribution in [2.75, 3.05) is 31.6 Å². The van der Waals surface area contributed by atoms with E-state index in [0.717, 1.165) is 38.5 Å². The molecule has 2 heterocycles.